The number of nitrogens with one attached hydrogen (secondary N) is 2. The lowest BCUT2D eigenvalue weighted by atomic mass is 10.2. The third kappa shape index (κ3) is 2.80. The first-order valence-electron chi connectivity index (χ1n) is 6.26. The number of H-pyrrole nitrogens is 1. The largest absolute Gasteiger partial charge is 0.342 e. The molecule has 1 amide bonds. The number of aryl methyl sites for hydroxylation is 1. The molecule has 0 saturated carbocycles. The van der Waals surface area contributed by atoms with Gasteiger partial charge in [-0.15, -0.1) is 0 Å². The van der Waals surface area contributed by atoms with E-state index in [4.69, 9.17) is 0 Å². The van der Waals surface area contributed by atoms with Crippen LogP contribution in [0.5, 0.6) is 0 Å². The van der Waals surface area contributed by atoms with Gasteiger partial charge in [0.2, 0.25) is 0 Å². The maximum absolute atomic E-state index is 13.2. The monoisotopic (exact) mass is 347 g/mol. The van der Waals surface area contributed by atoms with E-state index in [2.05, 4.69) is 31.2 Å². The SMILES string of the molecule is Cc1nc2ccc(NC(=O)c3cc(F)ccc3Br)cc2[nH]1. The number of carbonyl (C=O) groups excluding carboxylic acids is 1. The Morgan fingerprint density at radius 3 is 2.90 bits per heavy atom. The summed E-state index contributed by atoms with van der Waals surface area (Å²) in [5, 5.41) is 2.74. The van der Waals surface area contributed by atoms with Crippen LogP contribution in [0.4, 0.5) is 10.1 Å². The number of fused-ring (bicyclic) bond motifs is 1. The minimum absolute atomic E-state index is 0.246. The molecule has 106 valence electrons. The molecule has 0 fully saturated rings. The highest BCUT2D eigenvalue weighted by Crippen LogP contribution is 2.21. The van der Waals surface area contributed by atoms with Gasteiger partial charge >= 0.3 is 0 Å². The van der Waals surface area contributed by atoms with E-state index in [0.29, 0.717) is 10.2 Å². The Balaban J connectivity index is 1.90. The zero-order chi connectivity index (χ0) is 15.0. The van der Waals surface area contributed by atoms with Crippen molar-refractivity contribution in [2.75, 3.05) is 5.32 Å². The number of hydrogen-bond acceptors (Lipinski definition) is 2. The number of rotatable bonds is 2. The number of carbonyl (C=O) groups is 1. The number of imidazole rings is 1. The Morgan fingerprint density at radius 1 is 1.29 bits per heavy atom. The van der Waals surface area contributed by atoms with Crippen LogP contribution < -0.4 is 5.32 Å². The number of hydrogen-bond donors (Lipinski definition) is 2. The Bertz CT molecular complexity index is 844. The lowest BCUT2D eigenvalue weighted by Crippen LogP contribution is -2.12. The van der Waals surface area contributed by atoms with Crippen LogP contribution in [0.3, 0.4) is 0 Å². The normalized spacial score (nSPS) is 10.8. The molecule has 0 unspecified atom stereocenters. The predicted octanol–water partition coefficient (Wildman–Crippen LogP) is 4.03. The van der Waals surface area contributed by atoms with Crippen LogP contribution in [0.25, 0.3) is 11.0 Å². The van der Waals surface area contributed by atoms with Gasteiger partial charge in [0.05, 0.1) is 16.6 Å². The van der Waals surface area contributed by atoms with Crippen molar-refractivity contribution in [3.05, 3.63) is 58.1 Å². The van der Waals surface area contributed by atoms with Crippen molar-refractivity contribution in [3.8, 4) is 0 Å². The van der Waals surface area contributed by atoms with Gasteiger partial charge in [0.15, 0.2) is 0 Å². The Hall–Kier alpha value is -2.21. The van der Waals surface area contributed by atoms with Crippen LogP contribution in [-0.2, 0) is 0 Å². The number of aromatic nitrogens is 2. The van der Waals surface area contributed by atoms with Crippen molar-refractivity contribution in [3.63, 3.8) is 0 Å². The van der Waals surface area contributed by atoms with Crippen LogP contribution >= 0.6 is 15.9 Å². The van der Waals surface area contributed by atoms with Crippen LogP contribution in [0, 0.1) is 12.7 Å². The second-order valence-corrected chi connectivity index (χ2v) is 5.49. The highest BCUT2D eigenvalue weighted by molar-refractivity contribution is 9.10. The molecule has 4 nitrogen and oxygen atoms in total. The molecule has 2 N–H and O–H groups in total. The number of aromatic amines is 1. The third-order valence-corrected chi connectivity index (χ3v) is 3.72. The molecule has 0 saturated heterocycles. The Kier molecular flexibility index (Phi) is 3.47. The maximum Gasteiger partial charge on any atom is 0.256 e. The van der Waals surface area contributed by atoms with Gasteiger partial charge in [0.1, 0.15) is 11.6 Å². The van der Waals surface area contributed by atoms with Gasteiger partial charge < -0.3 is 10.3 Å². The molecule has 0 spiro atoms. The minimum Gasteiger partial charge on any atom is -0.342 e. The highest BCUT2D eigenvalue weighted by atomic mass is 79.9. The number of halogens is 2. The quantitative estimate of drug-likeness (QED) is 0.735. The number of amides is 1. The molecular weight excluding hydrogens is 337 g/mol. The van der Waals surface area contributed by atoms with Gasteiger partial charge in [-0.2, -0.15) is 0 Å². The first kappa shape index (κ1) is 13.8. The molecule has 0 aliphatic heterocycles. The predicted molar refractivity (Wildman–Crippen MR) is 82.9 cm³/mol. The van der Waals surface area contributed by atoms with Gasteiger partial charge in [0, 0.05) is 10.2 Å². The summed E-state index contributed by atoms with van der Waals surface area (Å²) >= 11 is 3.24. The van der Waals surface area contributed by atoms with E-state index in [0.717, 1.165) is 16.9 Å². The maximum atomic E-state index is 13.2. The number of benzene rings is 2. The van der Waals surface area contributed by atoms with E-state index >= 15 is 0 Å². The average molecular weight is 348 g/mol. The zero-order valence-electron chi connectivity index (χ0n) is 11.1. The fraction of sp³-hybridized carbons (Fsp3) is 0.0667. The first-order chi connectivity index (χ1) is 10.0. The van der Waals surface area contributed by atoms with Gasteiger partial charge in [0.25, 0.3) is 5.91 Å². The van der Waals surface area contributed by atoms with Gasteiger partial charge in [-0.3, -0.25) is 4.79 Å². The van der Waals surface area contributed by atoms with E-state index in [1.807, 2.05) is 13.0 Å². The molecule has 0 aliphatic carbocycles. The second-order valence-electron chi connectivity index (χ2n) is 4.63. The summed E-state index contributed by atoms with van der Waals surface area (Å²) in [6, 6.07) is 9.35. The van der Waals surface area contributed by atoms with Crippen molar-refractivity contribution in [1.82, 2.24) is 9.97 Å². The molecule has 3 aromatic rings. The van der Waals surface area contributed by atoms with Crippen LogP contribution in [0.2, 0.25) is 0 Å². The van der Waals surface area contributed by atoms with E-state index < -0.39 is 5.82 Å². The Morgan fingerprint density at radius 2 is 2.10 bits per heavy atom. The molecule has 0 atom stereocenters. The number of nitrogens with zero attached hydrogens (tertiary/aromatic N) is 1. The average Bonchev–Trinajstić information content (AvgIpc) is 2.80. The minimum atomic E-state index is -0.456. The van der Waals surface area contributed by atoms with E-state index in [1.165, 1.54) is 18.2 Å². The molecule has 3 rings (SSSR count). The summed E-state index contributed by atoms with van der Waals surface area (Å²) in [5.41, 5.74) is 2.53. The van der Waals surface area contributed by atoms with Gasteiger partial charge in [-0.1, -0.05) is 0 Å². The molecular formula is C15H11BrFN3O. The number of anilines is 1. The molecule has 0 bridgehead atoms. The van der Waals surface area contributed by atoms with Crippen LogP contribution in [0.1, 0.15) is 16.2 Å². The van der Waals surface area contributed by atoms with Crippen LogP contribution in [0.15, 0.2) is 40.9 Å². The van der Waals surface area contributed by atoms with Gasteiger partial charge in [-0.05, 0) is 59.3 Å². The molecule has 0 radical (unpaired) electrons. The summed E-state index contributed by atoms with van der Waals surface area (Å²) in [6.07, 6.45) is 0. The molecule has 1 aromatic heterocycles. The van der Waals surface area contributed by atoms with Crippen molar-refractivity contribution >= 4 is 38.6 Å². The van der Waals surface area contributed by atoms with Crippen molar-refractivity contribution in [1.29, 1.82) is 0 Å². The summed E-state index contributed by atoms with van der Waals surface area (Å²) in [7, 11) is 0. The molecule has 2 aromatic carbocycles. The fourth-order valence-corrected chi connectivity index (χ4v) is 2.51. The molecule has 21 heavy (non-hydrogen) atoms. The second kappa shape index (κ2) is 5.29. The molecule has 0 aliphatic rings. The summed E-state index contributed by atoms with van der Waals surface area (Å²) < 4.78 is 13.8. The summed E-state index contributed by atoms with van der Waals surface area (Å²) in [4.78, 5) is 19.6. The first-order valence-corrected chi connectivity index (χ1v) is 7.05. The van der Waals surface area contributed by atoms with Crippen molar-refractivity contribution < 1.29 is 9.18 Å². The van der Waals surface area contributed by atoms with Crippen molar-refractivity contribution in [2.45, 2.75) is 6.92 Å². The Labute approximate surface area is 128 Å². The zero-order valence-corrected chi connectivity index (χ0v) is 12.7. The highest BCUT2D eigenvalue weighted by Gasteiger charge is 2.12. The van der Waals surface area contributed by atoms with E-state index in [-0.39, 0.29) is 11.5 Å². The topological polar surface area (TPSA) is 57.8 Å². The van der Waals surface area contributed by atoms with Crippen LogP contribution in [-0.4, -0.2) is 15.9 Å². The van der Waals surface area contributed by atoms with E-state index in [9.17, 15) is 9.18 Å². The summed E-state index contributed by atoms with van der Waals surface area (Å²) in [5.74, 6) is -0.0266. The lowest BCUT2D eigenvalue weighted by Gasteiger charge is -2.07. The third-order valence-electron chi connectivity index (χ3n) is 3.03. The molecule has 6 heteroatoms. The standard InChI is InChI=1S/C15H11BrFN3O/c1-8-18-13-5-3-10(7-14(13)19-8)20-15(21)11-6-9(17)2-4-12(11)16/h2-7H,1H3,(H,18,19)(H,20,21). The molecule has 1 heterocycles. The van der Waals surface area contributed by atoms with E-state index in [1.54, 1.807) is 12.1 Å². The summed E-state index contributed by atoms with van der Waals surface area (Å²) in [6.45, 7) is 1.86. The smallest absolute Gasteiger partial charge is 0.256 e. The lowest BCUT2D eigenvalue weighted by molar-refractivity contribution is 0.102. The fourth-order valence-electron chi connectivity index (χ4n) is 2.08. The van der Waals surface area contributed by atoms with Crippen molar-refractivity contribution in [2.24, 2.45) is 0 Å². The van der Waals surface area contributed by atoms with Gasteiger partial charge in [-0.25, -0.2) is 9.37 Å².